The summed E-state index contributed by atoms with van der Waals surface area (Å²) in [5, 5.41) is 3.50. The summed E-state index contributed by atoms with van der Waals surface area (Å²) in [7, 11) is 0. The fraction of sp³-hybridized carbons (Fsp3) is 0.414. The van der Waals surface area contributed by atoms with Gasteiger partial charge in [-0.25, -0.2) is 14.8 Å². The Labute approximate surface area is 232 Å². The molecule has 1 aliphatic rings. The van der Waals surface area contributed by atoms with Crippen molar-refractivity contribution in [3.63, 3.8) is 0 Å². The molecule has 0 aromatic carbocycles. The number of anilines is 1. The summed E-state index contributed by atoms with van der Waals surface area (Å²) in [4.78, 5) is 49.4. The standard InChI is InChI=1S/C29H35N7O4/c1-29(2,3)40-28(39)35-12-6-4-8-23(35)16-30-15-21-10-11-24-31-22(18-33(24)17-21)19-34(20-37)26-14-27(38)36-13-7-5-9-25(36)32-26/h5,7,9-11,13-14,17-18,20,23,30H,4,6,8,12,15-16,19H2,1-3H3. The van der Waals surface area contributed by atoms with Gasteiger partial charge >= 0.3 is 6.09 Å². The maximum absolute atomic E-state index is 12.7. The van der Waals surface area contributed by atoms with E-state index in [0.29, 0.717) is 37.4 Å². The van der Waals surface area contributed by atoms with Crippen LogP contribution < -0.4 is 15.8 Å². The topological polar surface area (TPSA) is 114 Å². The van der Waals surface area contributed by atoms with Crippen molar-refractivity contribution in [3.8, 4) is 0 Å². The fourth-order valence-corrected chi connectivity index (χ4v) is 4.96. The minimum atomic E-state index is -0.516. The number of nitrogens with zero attached hydrogens (tertiary/aromatic N) is 6. The summed E-state index contributed by atoms with van der Waals surface area (Å²) in [6.45, 7) is 7.87. The van der Waals surface area contributed by atoms with Crippen LogP contribution >= 0.6 is 0 Å². The van der Waals surface area contributed by atoms with Crippen molar-refractivity contribution in [2.75, 3.05) is 18.0 Å². The number of ether oxygens (including phenoxy) is 1. The molecule has 0 spiro atoms. The molecule has 1 fully saturated rings. The minimum Gasteiger partial charge on any atom is -0.444 e. The number of amides is 2. The number of rotatable bonds is 8. The summed E-state index contributed by atoms with van der Waals surface area (Å²) in [6, 6.07) is 10.6. The van der Waals surface area contributed by atoms with Crippen molar-refractivity contribution in [2.45, 2.75) is 64.8 Å². The number of aromatic nitrogens is 4. The number of nitrogens with one attached hydrogen (secondary N) is 1. The van der Waals surface area contributed by atoms with Gasteiger partial charge in [-0.05, 0) is 63.8 Å². The Kier molecular flexibility index (Phi) is 7.83. The third-order valence-corrected chi connectivity index (χ3v) is 6.84. The molecule has 0 radical (unpaired) electrons. The predicted molar refractivity (Wildman–Crippen MR) is 151 cm³/mol. The van der Waals surface area contributed by atoms with E-state index in [0.717, 1.165) is 30.5 Å². The second-order valence-corrected chi connectivity index (χ2v) is 11.1. The number of pyridine rings is 2. The lowest BCUT2D eigenvalue weighted by Gasteiger charge is -2.37. The molecule has 0 aliphatic carbocycles. The second kappa shape index (κ2) is 11.5. The van der Waals surface area contributed by atoms with Gasteiger partial charge in [-0.2, -0.15) is 0 Å². The van der Waals surface area contributed by atoms with Gasteiger partial charge in [-0.1, -0.05) is 12.1 Å². The fourth-order valence-electron chi connectivity index (χ4n) is 4.96. The van der Waals surface area contributed by atoms with Gasteiger partial charge in [0.25, 0.3) is 5.56 Å². The van der Waals surface area contributed by atoms with Crippen molar-refractivity contribution in [1.82, 2.24) is 29.0 Å². The maximum atomic E-state index is 12.7. The molecule has 5 heterocycles. The van der Waals surface area contributed by atoms with E-state index < -0.39 is 5.60 Å². The minimum absolute atomic E-state index is 0.0956. The Morgan fingerprint density at radius 3 is 2.80 bits per heavy atom. The smallest absolute Gasteiger partial charge is 0.410 e. The number of carbonyl (C=O) groups excluding carboxylic acids is 2. The Morgan fingerprint density at radius 1 is 1.15 bits per heavy atom. The molecule has 0 bridgehead atoms. The molecule has 4 aromatic heterocycles. The van der Waals surface area contributed by atoms with Crippen LogP contribution in [-0.2, 0) is 22.6 Å². The molecule has 210 valence electrons. The van der Waals surface area contributed by atoms with Crippen LogP contribution in [0.3, 0.4) is 0 Å². The highest BCUT2D eigenvalue weighted by Crippen LogP contribution is 2.20. The van der Waals surface area contributed by atoms with E-state index in [1.54, 1.807) is 24.4 Å². The monoisotopic (exact) mass is 545 g/mol. The molecule has 1 atom stereocenters. The number of piperidine rings is 1. The highest BCUT2D eigenvalue weighted by atomic mass is 16.6. The number of likely N-dealkylation sites (tertiary alicyclic amines) is 1. The molecule has 4 aromatic rings. The summed E-state index contributed by atoms with van der Waals surface area (Å²) < 4.78 is 8.96. The highest BCUT2D eigenvalue weighted by molar-refractivity contribution is 5.73. The number of hydrogen-bond acceptors (Lipinski definition) is 7. The zero-order chi connectivity index (χ0) is 28.3. The first-order valence-corrected chi connectivity index (χ1v) is 13.6. The van der Waals surface area contributed by atoms with Crippen LogP contribution in [0, 0.1) is 0 Å². The van der Waals surface area contributed by atoms with Gasteiger partial charge in [0.05, 0.1) is 12.2 Å². The Morgan fingerprint density at radius 2 is 2.00 bits per heavy atom. The molecule has 2 amide bonds. The van der Waals surface area contributed by atoms with Crippen molar-refractivity contribution in [2.24, 2.45) is 0 Å². The summed E-state index contributed by atoms with van der Waals surface area (Å²) in [6.07, 6.45) is 8.95. The van der Waals surface area contributed by atoms with E-state index in [4.69, 9.17) is 4.74 Å². The van der Waals surface area contributed by atoms with Crippen LogP contribution in [-0.4, -0.2) is 60.9 Å². The Hall–Kier alpha value is -4.25. The van der Waals surface area contributed by atoms with Crippen molar-refractivity contribution in [3.05, 3.63) is 76.6 Å². The SMILES string of the molecule is CC(C)(C)OC(=O)N1CCCCC1CNCc1ccc2nc(CN(C=O)c3cc(=O)n4ccccc4n3)cn2c1. The third kappa shape index (κ3) is 6.31. The lowest BCUT2D eigenvalue weighted by Crippen LogP contribution is -2.50. The summed E-state index contributed by atoms with van der Waals surface area (Å²) in [5.74, 6) is 0.274. The quantitative estimate of drug-likeness (QED) is 0.338. The van der Waals surface area contributed by atoms with E-state index in [1.807, 2.05) is 54.6 Å². The molecular weight excluding hydrogens is 510 g/mol. The van der Waals surface area contributed by atoms with Gasteiger partial charge in [0, 0.05) is 50.3 Å². The first kappa shape index (κ1) is 27.3. The van der Waals surface area contributed by atoms with Gasteiger partial charge in [-0.3, -0.25) is 18.9 Å². The van der Waals surface area contributed by atoms with E-state index in [-0.39, 0.29) is 30.1 Å². The predicted octanol–water partition coefficient (Wildman–Crippen LogP) is 3.38. The van der Waals surface area contributed by atoms with E-state index in [2.05, 4.69) is 15.3 Å². The Bertz CT molecular complexity index is 1570. The zero-order valence-corrected chi connectivity index (χ0v) is 23.1. The van der Waals surface area contributed by atoms with Crippen LogP contribution in [0.25, 0.3) is 11.3 Å². The second-order valence-electron chi connectivity index (χ2n) is 11.1. The lowest BCUT2D eigenvalue weighted by molar-refractivity contribution is -0.107. The van der Waals surface area contributed by atoms with Gasteiger partial charge in [0.1, 0.15) is 22.7 Å². The number of carbonyl (C=O) groups is 2. The summed E-state index contributed by atoms with van der Waals surface area (Å²) in [5.41, 5.74) is 2.17. The normalized spacial score (nSPS) is 15.9. The average molecular weight is 546 g/mol. The van der Waals surface area contributed by atoms with Crippen molar-refractivity contribution < 1.29 is 14.3 Å². The summed E-state index contributed by atoms with van der Waals surface area (Å²) >= 11 is 0. The van der Waals surface area contributed by atoms with Gasteiger partial charge in [0.2, 0.25) is 6.41 Å². The molecule has 40 heavy (non-hydrogen) atoms. The average Bonchev–Trinajstić information content (AvgIpc) is 3.33. The third-order valence-electron chi connectivity index (χ3n) is 6.84. The van der Waals surface area contributed by atoms with Gasteiger partial charge in [-0.15, -0.1) is 0 Å². The van der Waals surface area contributed by atoms with E-state index in [1.165, 1.54) is 15.4 Å². The van der Waals surface area contributed by atoms with E-state index >= 15 is 0 Å². The lowest BCUT2D eigenvalue weighted by atomic mass is 10.0. The molecule has 1 saturated heterocycles. The molecule has 1 unspecified atom stereocenters. The molecule has 5 rings (SSSR count). The molecule has 1 N–H and O–H groups in total. The van der Waals surface area contributed by atoms with Crippen LogP contribution in [0.1, 0.15) is 51.3 Å². The molecule has 0 saturated carbocycles. The van der Waals surface area contributed by atoms with Crippen LogP contribution in [0.4, 0.5) is 10.6 Å². The van der Waals surface area contributed by atoms with Crippen molar-refractivity contribution in [1.29, 1.82) is 0 Å². The molecule has 11 nitrogen and oxygen atoms in total. The van der Waals surface area contributed by atoms with E-state index in [9.17, 15) is 14.4 Å². The molecule has 11 heteroatoms. The van der Waals surface area contributed by atoms with Crippen LogP contribution in [0.2, 0.25) is 0 Å². The molecule has 1 aliphatic heterocycles. The number of imidazole rings is 1. The van der Waals surface area contributed by atoms with Crippen LogP contribution in [0.5, 0.6) is 0 Å². The maximum Gasteiger partial charge on any atom is 0.410 e. The number of hydrogen-bond donors (Lipinski definition) is 1. The van der Waals surface area contributed by atoms with Crippen molar-refractivity contribution >= 4 is 29.6 Å². The highest BCUT2D eigenvalue weighted by Gasteiger charge is 2.30. The first-order chi connectivity index (χ1) is 19.2. The number of fused-ring (bicyclic) bond motifs is 2. The zero-order valence-electron chi connectivity index (χ0n) is 23.1. The van der Waals surface area contributed by atoms with Gasteiger partial charge in [0.15, 0.2) is 0 Å². The molecular formula is C29H35N7O4. The largest absolute Gasteiger partial charge is 0.444 e. The first-order valence-electron chi connectivity index (χ1n) is 13.6. The Balaban J connectivity index is 1.23. The van der Waals surface area contributed by atoms with Gasteiger partial charge < -0.3 is 19.4 Å². The van der Waals surface area contributed by atoms with Crippen LogP contribution in [0.15, 0.2) is 59.8 Å².